The highest BCUT2D eigenvalue weighted by molar-refractivity contribution is 8.00. The lowest BCUT2D eigenvalue weighted by Crippen LogP contribution is -2.60. The van der Waals surface area contributed by atoms with Gasteiger partial charge in [-0.15, -0.1) is 11.8 Å². The van der Waals surface area contributed by atoms with E-state index in [-0.39, 0.29) is 17.4 Å². The largest absolute Gasteiger partial charge is 0.350 e. The zero-order chi connectivity index (χ0) is 21.4. The summed E-state index contributed by atoms with van der Waals surface area (Å²) < 4.78 is 0. The molecule has 31 heavy (non-hydrogen) atoms. The number of benzene rings is 2. The van der Waals surface area contributed by atoms with Crippen molar-refractivity contribution in [2.45, 2.75) is 49.0 Å². The molecule has 2 amide bonds. The van der Waals surface area contributed by atoms with Gasteiger partial charge in [-0.3, -0.25) is 9.59 Å². The Morgan fingerprint density at radius 1 is 0.935 bits per heavy atom. The number of hydrogen-bond donors (Lipinski definition) is 2. The van der Waals surface area contributed by atoms with E-state index in [1.165, 1.54) is 31.0 Å². The number of halogens is 1. The van der Waals surface area contributed by atoms with Gasteiger partial charge in [-0.05, 0) is 80.5 Å². The number of rotatable bonds is 6. The number of hydrogen-bond acceptors (Lipinski definition) is 3. The van der Waals surface area contributed by atoms with E-state index in [4.69, 9.17) is 11.6 Å². The number of thioether (sulfide) groups is 1. The normalized spacial score (nSPS) is 28.4. The van der Waals surface area contributed by atoms with Gasteiger partial charge in [0.25, 0.3) is 5.91 Å². The molecule has 4 saturated carbocycles. The molecule has 0 unspecified atom stereocenters. The van der Waals surface area contributed by atoms with Gasteiger partial charge in [0.05, 0.1) is 22.0 Å². The summed E-state index contributed by atoms with van der Waals surface area (Å²) in [7, 11) is 0. The first kappa shape index (κ1) is 20.9. The lowest BCUT2D eigenvalue weighted by atomic mass is 9.53. The monoisotopic (exact) mass is 454 g/mol. The third kappa shape index (κ3) is 4.49. The summed E-state index contributed by atoms with van der Waals surface area (Å²) in [4.78, 5) is 26.5. The van der Waals surface area contributed by atoms with Crippen molar-refractivity contribution in [2.24, 2.45) is 17.8 Å². The van der Waals surface area contributed by atoms with Crippen LogP contribution in [0.25, 0.3) is 0 Å². The van der Waals surface area contributed by atoms with E-state index in [1.807, 2.05) is 30.3 Å². The SMILES string of the molecule is O=C(CSc1ccccc1C(=O)Nc1ccccc1Cl)NC12CC3CC(CC(C3)C1)C2. The van der Waals surface area contributed by atoms with E-state index in [2.05, 4.69) is 10.6 Å². The Hall–Kier alpha value is -1.98. The molecule has 6 heteroatoms. The topological polar surface area (TPSA) is 58.2 Å². The van der Waals surface area contributed by atoms with E-state index in [0.717, 1.165) is 41.9 Å². The lowest BCUT2D eigenvalue weighted by Gasteiger charge is -2.56. The van der Waals surface area contributed by atoms with Crippen molar-refractivity contribution in [3.05, 3.63) is 59.1 Å². The Morgan fingerprint density at radius 2 is 1.55 bits per heavy atom. The molecule has 4 nitrogen and oxygen atoms in total. The second-order valence-electron chi connectivity index (χ2n) is 9.46. The molecular weight excluding hydrogens is 428 g/mol. The van der Waals surface area contributed by atoms with E-state index in [9.17, 15) is 9.59 Å². The van der Waals surface area contributed by atoms with E-state index in [1.54, 1.807) is 18.2 Å². The number of carbonyl (C=O) groups excluding carboxylic acids is 2. The molecule has 0 saturated heterocycles. The number of amides is 2. The maximum atomic E-state index is 12.9. The zero-order valence-electron chi connectivity index (χ0n) is 17.4. The highest BCUT2D eigenvalue weighted by Gasteiger charge is 2.51. The van der Waals surface area contributed by atoms with Crippen molar-refractivity contribution in [2.75, 3.05) is 11.1 Å². The molecule has 2 aromatic rings. The quantitative estimate of drug-likeness (QED) is 0.545. The van der Waals surface area contributed by atoms with Crippen LogP contribution < -0.4 is 10.6 Å². The van der Waals surface area contributed by atoms with Crippen molar-refractivity contribution < 1.29 is 9.59 Å². The van der Waals surface area contributed by atoms with Crippen LogP contribution in [0.15, 0.2) is 53.4 Å². The van der Waals surface area contributed by atoms with Crippen molar-refractivity contribution in [1.29, 1.82) is 0 Å². The van der Waals surface area contributed by atoms with Crippen LogP contribution in [0.3, 0.4) is 0 Å². The highest BCUT2D eigenvalue weighted by Crippen LogP contribution is 2.55. The van der Waals surface area contributed by atoms with Gasteiger partial charge < -0.3 is 10.6 Å². The predicted octanol–water partition coefficient (Wildman–Crippen LogP) is 5.77. The third-order valence-electron chi connectivity index (χ3n) is 7.06. The molecule has 2 aromatic carbocycles. The van der Waals surface area contributed by atoms with Gasteiger partial charge in [0.2, 0.25) is 5.91 Å². The third-order valence-corrected chi connectivity index (χ3v) is 8.46. The molecule has 0 aromatic heterocycles. The van der Waals surface area contributed by atoms with E-state index in [0.29, 0.717) is 22.0 Å². The molecule has 0 radical (unpaired) electrons. The van der Waals surface area contributed by atoms with Crippen LogP contribution in [0.5, 0.6) is 0 Å². The predicted molar refractivity (Wildman–Crippen MR) is 126 cm³/mol. The molecule has 0 spiro atoms. The first-order valence-electron chi connectivity index (χ1n) is 11.1. The second kappa shape index (κ2) is 8.51. The molecule has 2 N–H and O–H groups in total. The first-order valence-corrected chi connectivity index (χ1v) is 12.4. The maximum Gasteiger partial charge on any atom is 0.256 e. The van der Waals surface area contributed by atoms with Crippen LogP contribution in [0.4, 0.5) is 5.69 Å². The van der Waals surface area contributed by atoms with Gasteiger partial charge in [0, 0.05) is 10.4 Å². The first-order chi connectivity index (χ1) is 15.0. The molecule has 162 valence electrons. The summed E-state index contributed by atoms with van der Waals surface area (Å²) in [6, 6.07) is 14.6. The van der Waals surface area contributed by atoms with Gasteiger partial charge in [0.15, 0.2) is 0 Å². The number of nitrogens with one attached hydrogen (secondary N) is 2. The summed E-state index contributed by atoms with van der Waals surface area (Å²) in [6.45, 7) is 0. The van der Waals surface area contributed by atoms with Crippen LogP contribution in [0.2, 0.25) is 5.02 Å². The molecule has 4 aliphatic rings. The summed E-state index contributed by atoms with van der Waals surface area (Å²) in [5.41, 5.74) is 1.15. The molecule has 4 aliphatic carbocycles. The zero-order valence-corrected chi connectivity index (χ0v) is 19.0. The van der Waals surface area contributed by atoms with Gasteiger partial charge in [0.1, 0.15) is 0 Å². The van der Waals surface area contributed by atoms with Crippen LogP contribution in [-0.4, -0.2) is 23.1 Å². The molecule has 6 rings (SSSR count). The molecule has 0 aliphatic heterocycles. The minimum absolute atomic E-state index is 0.0212. The van der Waals surface area contributed by atoms with Crippen LogP contribution in [-0.2, 0) is 4.79 Å². The average Bonchev–Trinajstić information content (AvgIpc) is 2.73. The summed E-state index contributed by atoms with van der Waals surface area (Å²) in [5.74, 6) is 2.57. The Kier molecular flexibility index (Phi) is 5.74. The lowest BCUT2D eigenvalue weighted by molar-refractivity contribution is -0.124. The summed E-state index contributed by atoms with van der Waals surface area (Å²) in [6.07, 6.45) is 7.51. The van der Waals surface area contributed by atoms with E-state index < -0.39 is 0 Å². The van der Waals surface area contributed by atoms with E-state index >= 15 is 0 Å². The van der Waals surface area contributed by atoms with Crippen molar-refractivity contribution in [3.8, 4) is 0 Å². The number of anilines is 1. The fourth-order valence-electron chi connectivity index (χ4n) is 6.27. The summed E-state index contributed by atoms with van der Waals surface area (Å²) in [5, 5.41) is 6.78. The highest BCUT2D eigenvalue weighted by atomic mass is 35.5. The standard InChI is InChI=1S/C25H27ClN2O2S/c26-20-6-2-3-7-21(20)27-24(30)19-5-1-4-8-22(19)31-15-23(29)28-25-12-16-9-17(13-25)11-18(10-16)14-25/h1-8,16-18H,9-15H2,(H,27,30)(H,28,29). The Labute approximate surface area is 192 Å². The van der Waals surface area contributed by atoms with Crippen LogP contribution >= 0.6 is 23.4 Å². The Bertz CT molecular complexity index is 973. The molecule has 4 fully saturated rings. The van der Waals surface area contributed by atoms with Crippen LogP contribution in [0.1, 0.15) is 48.9 Å². The maximum absolute atomic E-state index is 12.9. The Morgan fingerprint density at radius 3 is 2.23 bits per heavy atom. The minimum Gasteiger partial charge on any atom is -0.350 e. The molecule has 0 atom stereocenters. The van der Waals surface area contributed by atoms with Crippen molar-refractivity contribution in [1.82, 2.24) is 5.32 Å². The smallest absolute Gasteiger partial charge is 0.256 e. The van der Waals surface area contributed by atoms with Gasteiger partial charge >= 0.3 is 0 Å². The molecule has 0 heterocycles. The van der Waals surface area contributed by atoms with Crippen LogP contribution in [0, 0.1) is 17.8 Å². The second-order valence-corrected chi connectivity index (χ2v) is 10.9. The van der Waals surface area contributed by atoms with Crippen molar-refractivity contribution >= 4 is 40.9 Å². The van der Waals surface area contributed by atoms with Gasteiger partial charge in [-0.25, -0.2) is 0 Å². The van der Waals surface area contributed by atoms with Crippen molar-refractivity contribution in [3.63, 3.8) is 0 Å². The fraction of sp³-hybridized carbons (Fsp3) is 0.440. The minimum atomic E-state index is -0.224. The Balaban J connectivity index is 1.22. The average molecular weight is 455 g/mol. The van der Waals surface area contributed by atoms with Gasteiger partial charge in [-0.1, -0.05) is 35.9 Å². The van der Waals surface area contributed by atoms with Gasteiger partial charge in [-0.2, -0.15) is 0 Å². The fourth-order valence-corrected chi connectivity index (χ4v) is 7.30. The molecular formula is C25H27ClN2O2S. The number of carbonyl (C=O) groups is 2. The number of para-hydroxylation sites is 1. The molecule has 4 bridgehead atoms. The summed E-state index contributed by atoms with van der Waals surface area (Å²) >= 11 is 7.59.